The van der Waals surface area contributed by atoms with Gasteiger partial charge in [0.15, 0.2) is 0 Å². The number of para-hydroxylation sites is 1. The van der Waals surface area contributed by atoms with Crippen LogP contribution in [-0.2, 0) is 4.79 Å². The van der Waals surface area contributed by atoms with E-state index in [2.05, 4.69) is 10.3 Å². The molecule has 2 heterocycles. The monoisotopic (exact) mass is 286 g/mol. The smallest absolute Gasteiger partial charge is 0.354 e. The number of aromatic carboxylic acids is 1. The molecular formula is C15H14N2O4. The van der Waals surface area contributed by atoms with Gasteiger partial charge in [-0.2, -0.15) is 0 Å². The van der Waals surface area contributed by atoms with Gasteiger partial charge in [-0.05, 0) is 19.1 Å². The number of carbonyl (C=O) groups excluding carboxylic acids is 1. The van der Waals surface area contributed by atoms with E-state index in [1.54, 1.807) is 13.0 Å². The zero-order valence-corrected chi connectivity index (χ0v) is 11.3. The Kier molecular flexibility index (Phi) is 3.13. The molecule has 1 aromatic carbocycles. The van der Waals surface area contributed by atoms with Crippen molar-refractivity contribution >= 4 is 17.6 Å². The first-order valence-corrected chi connectivity index (χ1v) is 6.51. The number of carboxylic acids is 1. The number of hydrogen-bond acceptors (Lipinski definition) is 3. The molecule has 1 aliphatic heterocycles. The van der Waals surface area contributed by atoms with E-state index in [9.17, 15) is 9.59 Å². The Morgan fingerprint density at radius 2 is 2.14 bits per heavy atom. The van der Waals surface area contributed by atoms with Gasteiger partial charge in [0.1, 0.15) is 24.0 Å². The number of aromatic nitrogens is 1. The molecule has 108 valence electrons. The molecule has 0 radical (unpaired) electrons. The van der Waals surface area contributed by atoms with E-state index >= 15 is 0 Å². The molecule has 1 aliphatic rings. The number of hydrogen-bond donors (Lipinski definition) is 3. The minimum Gasteiger partial charge on any atom is -0.492 e. The summed E-state index contributed by atoms with van der Waals surface area (Å²) in [5.41, 5.74) is 1.74. The molecule has 0 spiro atoms. The summed E-state index contributed by atoms with van der Waals surface area (Å²) in [4.78, 5) is 26.2. The number of H-pyrrole nitrogens is 1. The van der Waals surface area contributed by atoms with E-state index in [1.165, 1.54) is 0 Å². The second-order valence-corrected chi connectivity index (χ2v) is 4.94. The highest BCUT2D eigenvalue weighted by Crippen LogP contribution is 2.34. The van der Waals surface area contributed by atoms with Crippen LogP contribution in [0.15, 0.2) is 30.3 Å². The minimum atomic E-state index is -1.11. The molecule has 0 fully saturated rings. The number of anilines is 1. The molecule has 3 N–H and O–H groups in total. The van der Waals surface area contributed by atoms with Crippen molar-refractivity contribution in [2.45, 2.75) is 12.8 Å². The Morgan fingerprint density at radius 1 is 1.38 bits per heavy atom. The van der Waals surface area contributed by atoms with Gasteiger partial charge in [-0.15, -0.1) is 0 Å². The molecule has 1 aromatic heterocycles. The van der Waals surface area contributed by atoms with Gasteiger partial charge in [0, 0.05) is 11.3 Å². The van der Waals surface area contributed by atoms with Gasteiger partial charge >= 0.3 is 5.97 Å². The Hall–Kier alpha value is -2.76. The topological polar surface area (TPSA) is 91.4 Å². The molecule has 1 unspecified atom stereocenters. The molecule has 1 amide bonds. The third kappa shape index (κ3) is 2.35. The van der Waals surface area contributed by atoms with Crippen molar-refractivity contribution in [2.24, 2.45) is 0 Å². The zero-order valence-electron chi connectivity index (χ0n) is 11.3. The van der Waals surface area contributed by atoms with Gasteiger partial charge in [-0.3, -0.25) is 4.79 Å². The van der Waals surface area contributed by atoms with Crippen molar-refractivity contribution < 1.29 is 19.4 Å². The van der Waals surface area contributed by atoms with Gasteiger partial charge in [-0.1, -0.05) is 18.2 Å². The lowest BCUT2D eigenvalue weighted by molar-refractivity contribution is -0.117. The summed E-state index contributed by atoms with van der Waals surface area (Å²) in [6, 6.07) is 8.94. The summed E-state index contributed by atoms with van der Waals surface area (Å²) >= 11 is 0. The predicted octanol–water partition coefficient (Wildman–Crippen LogP) is 2.14. The molecule has 0 saturated heterocycles. The fourth-order valence-corrected chi connectivity index (χ4v) is 2.46. The van der Waals surface area contributed by atoms with E-state index in [-0.39, 0.29) is 23.9 Å². The fourth-order valence-electron chi connectivity index (χ4n) is 2.46. The Morgan fingerprint density at radius 3 is 2.90 bits per heavy atom. The van der Waals surface area contributed by atoms with Gasteiger partial charge in [-0.25, -0.2) is 4.79 Å². The van der Waals surface area contributed by atoms with E-state index in [0.29, 0.717) is 11.4 Å². The summed E-state index contributed by atoms with van der Waals surface area (Å²) < 4.78 is 5.47. The van der Waals surface area contributed by atoms with Gasteiger partial charge in [0.05, 0.1) is 5.69 Å². The molecule has 0 aliphatic carbocycles. The maximum absolute atomic E-state index is 12.4. The van der Waals surface area contributed by atoms with Crippen molar-refractivity contribution in [3.05, 3.63) is 47.3 Å². The molecule has 0 bridgehead atoms. The van der Waals surface area contributed by atoms with Gasteiger partial charge in [0.25, 0.3) is 0 Å². The Labute approximate surface area is 120 Å². The summed E-state index contributed by atoms with van der Waals surface area (Å²) in [6.45, 7) is 1.99. The number of aryl methyl sites for hydroxylation is 1. The summed E-state index contributed by atoms with van der Waals surface area (Å²) in [6.07, 6.45) is 0. The number of rotatable bonds is 3. The van der Waals surface area contributed by atoms with Crippen LogP contribution in [0.1, 0.15) is 27.7 Å². The second kappa shape index (κ2) is 4.97. The number of fused-ring (bicyclic) bond motifs is 1. The first kappa shape index (κ1) is 13.2. The maximum atomic E-state index is 12.4. The maximum Gasteiger partial charge on any atom is 0.354 e. The average Bonchev–Trinajstić information content (AvgIpc) is 3.02. The summed E-state index contributed by atoms with van der Waals surface area (Å²) in [5.74, 6) is -1.12. The number of amides is 1. The quantitative estimate of drug-likeness (QED) is 0.806. The number of carbonyl (C=O) groups is 2. The van der Waals surface area contributed by atoms with Crippen molar-refractivity contribution in [1.82, 2.24) is 4.98 Å². The van der Waals surface area contributed by atoms with Crippen LogP contribution in [0, 0.1) is 6.92 Å². The van der Waals surface area contributed by atoms with Crippen LogP contribution in [0.5, 0.6) is 5.75 Å². The van der Waals surface area contributed by atoms with Crippen LogP contribution in [-0.4, -0.2) is 28.6 Å². The fraction of sp³-hybridized carbons (Fsp3) is 0.200. The normalized spacial score (nSPS) is 16.1. The molecule has 2 aromatic rings. The third-order valence-electron chi connectivity index (χ3n) is 3.44. The minimum absolute atomic E-state index is 0.0203. The van der Waals surface area contributed by atoms with Crippen LogP contribution in [0.4, 0.5) is 5.69 Å². The standard InChI is InChI=1S/C15H14N2O4/c1-8-6-11(13(16-8)15(19)20)17-14(18)10-7-21-12-5-3-2-4-9(10)12/h2-6,10,16H,7H2,1H3,(H,17,18)(H,19,20). The molecule has 21 heavy (non-hydrogen) atoms. The second-order valence-electron chi connectivity index (χ2n) is 4.94. The van der Waals surface area contributed by atoms with E-state index in [4.69, 9.17) is 9.84 Å². The SMILES string of the molecule is Cc1cc(NC(=O)C2COc3ccccc32)c(C(=O)O)[nH]1. The summed E-state index contributed by atoms with van der Waals surface area (Å²) in [7, 11) is 0. The van der Waals surface area contributed by atoms with Crippen LogP contribution in [0.25, 0.3) is 0 Å². The van der Waals surface area contributed by atoms with Crippen LogP contribution < -0.4 is 10.1 Å². The summed E-state index contributed by atoms with van der Waals surface area (Å²) in [5, 5.41) is 11.8. The lowest BCUT2D eigenvalue weighted by atomic mass is 10.0. The Bertz CT molecular complexity index is 720. The lowest BCUT2D eigenvalue weighted by Gasteiger charge is -2.09. The highest BCUT2D eigenvalue weighted by molar-refractivity contribution is 6.02. The molecule has 1 atom stereocenters. The first-order chi connectivity index (χ1) is 10.1. The number of nitrogens with one attached hydrogen (secondary N) is 2. The molecule has 6 heteroatoms. The molecule has 3 rings (SSSR count). The van der Waals surface area contributed by atoms with Crippen molar-refractivity contribution in [1.29, 1.82) is 0 Å². The van der Waals surface area contributed by atoms with Crippen molar-refractivity contribution in [2.75, 3.05) is 11.9 Å². The zero-order chi connectivity index (χ0) is 15.0. The van der Waals surface area contributed by atoms with Crippen LogP contribution in [0.2, 0.25) is 0 Å². The Balaban J connectivity index is 1.84. The highest BCUT2D eigenvalue weighted by Gasteiger charge is 2.31. The highest BCUT2D eigenvalue weighted by atomic mass is 16.5. The van der Waals surface area contributed by atoms with E-state index < -0.39 is 11.9 Å². The van der Waals surface area contributed by atoms with Gasteiger partial charge < -0.3 is 20.1 Å². The van der Waals surface area contributed by atoms with E-state index in [0.717, 1.165) is 5.56 Å². The number of carboxylic acid groups (broad SMARTS) is 1. The number of benzene rings is 1. The van der Waals surface area contributed by atoms with Crippen molar-refractivity contribution in [3.63, 3.8) is 0 Å². The predicted molar refractivity (Wildman–Crippen MR) is 75.8 cm³/mol. The molecule has 0 saturated carbocycles. The number of ether oxygens (including phenoxy) is 1. The first-order valence-electron chi connectivity index (χ1n) is 6.51. The number of aromatic amines is 1. The third-order valence-corrected chi connectivity index (χ3v) is 3.44. The molecule has 6 nitrogen and oxygen atoms in total. The van der Waals surface area contributed by atoms with Gasteiger partial charge in [0.2, 0.25) is 5.91 Å². The molecular weight excluding hydrogens is 272 g/mol. The largest absolute Gasteiger partial charge is 0.492 e. The van der Waals surface area contributed by atoms with Crippen molar-refractivity contribution in [3.8, 4) is 5.75 Å². The van der Waals surface area contributed by atoms with Crippen LogP contribution >= 0.6 is 0 Å². The van der Waals surface area contributed by atoms with E-state index in [1.807, 2.05) is 24.3 Å². The average molecular weight is 286 g/mol. The van der Waals surface area contributed by atoms with Crippen LogP contribution in [0.3, 0.4) is 0 Å². The lowest BCUT2D eigenvalue weighted by Crippen LogP contribution is -2.23.